The highest BCUT2D eigenvalue weighted by Gasteiger charge is 2.22. The summed E-state index contributed by atoms with van der Waals surface area (Å²) in [6.45, 7) is 16.9. The molecule has 418 valence electrons. The molecule has 0 N–H and O–H groups in total. The molecule has 0 amide bonds. The third-order valence-electron chi connectivity index (χ3n) is 17.8. The maximum atomic E-state index is 2.58. The fourth-order valence-electron chi connectivity index (χ4n) is 12.7. The lowest BCUT2D eigenvalue weighted by Gasteiger charge is -2.29. The summed E-state index contributed by atoms with van der Waals surface area (Å²) in [5.74, 6) is 12.3. The Morgan fingerprint density at radius 1 is 0.429 bits per heavy atom. The lowest BCUT2D eigenvalue weighted by atomic mass is 9.77. The van der Waals surface area contributed by atoms with Gasteiger partial charge in [-0.2, -0.15) is 23.5 Å². The first kappa shape index (κ1) is 68.5. The van der Waals surface area contributed by atoms with Crippen molar-refractivity contribution >= 4 is 23.5 Å². The Bertz CT molecular complexity index is 1020. The normalized spacial score (nSPS) is 25.1. The number of unbranched alkanes of at least 4 members (excludes halogenated alkanes) is 4. The molecular formula is C68H134S2. The number of thioether (sulfide) groups is 2. The number of allylic oxidation sites excluding steroid dienone is 2. The molecule has 0 saturated carbocycles. The lowest BCUT2D eigenvalue weighted by molar-refractivity contribution is 0.229. The molecule has 2 heteroatoms. The molecule has 1 aliphatic rings. The van der Waals surface area contributed by atoms with Crippen molar-refractivity contribution in [1.29, 1.82) is 0 Å². The zero-order valence-corrected chi connectivity index (χ0v) is 51.4. The molecule has 0 aliphatic carbocycles. The van der Waals surface area contributed by atoms with Gasteiger partial charge in [0, 0.05) is 0 Å². The van der Waals surface area contributed by atoms with Crippen LogP contribution in [0.3, 0.4) is 0 Å². The maximum absolute atomic E-state index is 2.58. The van der Waals surface area contributed by atoms with Crippen molar-refractivity contribution in [3.63, 3.8) is 0 Å². The molecule has 1 rings (SSSR count). The molecular weight excluding hydrogens is 881 g/mol. The van der Waals surface area contributed by atoms with Crippen LogP contribution in [-0.4, -0.2) is 23.0 Å². The molecule has 0 aromatic rings. The summed E-state index contributed by atoms with van der Waals surface area (Å²) in [4.78, 5) is 0. The quantitative estimate of drug-likeness (QED) is 0.0739. The Hall–Kier alpha value is 0.440. The van der Waals surface area contributed by atoms with E-state index in [1.165, 1.54) is 331 Å². The molecule has 0 spiro atoms. The van der Waals surface area contributed by atoms with E-state index in [1.807, 2.05) is 0 Å². The third kappa shape index (κ3) is 43.7. The molecule has 1 fully saturated rings. The lowest BCUT2D eigenvalue weighted by Crippen LogP contribution is -2.17. The van der Waals surface area contributed by atoms with E-state index in [9.17, 15) is 0 Å². The molecule has 0 aromatic heterocycles. The summed E-state index contributed by atoms with van der Waals surface area (Å²) in [6, 6.07) is 0. The summed E-state index contributed by atoms with van der Waals surface area (Å²) in [7, 11) is 0. The van der Waals surface area contributed by atoms with Crippen LogP contribution in [-0.2, 0) is 0 Å². The first-order valence-corrected chi connectivity index (χ1v) is 35.6. The van der Waals surface area contributed by atoms with E-state index in [0.29, 0.717) is 0 Å². The van der Waals surface area contributed by atoms with Crippen molar-refractivity contribution in [2.75, 3.05) is 23.0 Å². The predicted molar refractivity (Wildman–Crippen MR) is 330 cm³/mol. The van der Waals surface area contributed by atoms with Gasteiger partial charge in [-0.25, -0.2) is 0 Å². The fourth-order valence-corrected chi connectivity index (χ4v) is 15.1. The number of rotatable bonds is 23. The molecule has 5 unspecified atom stereocenters. The van der Waals surface area contributed by atoms with E-state index in [4.69, 9.17) is 0 Å². The summed E-state index contributed by atoms with van der Waals surface area (Å²) in [5.41, 5.74) is 0. The fraction of sp³-hybridized carbons (Fsp3) is 0.971. The van der Waals surface area contributed by atoms with Gasteiger partial charge in [0.15, 0.2) is 0 Å². The summed E-state index contributed by atoms with van der Waals surface area (Å²) >= 11 is 4.56. The Morgan fingerprint density at radius 2 is 0.900 bits per heavy atom. The van der Waals surface area contributed by atoms with Gasteiger partial charge in [-0.1, -0.05) is 317 Å². The largest absolute Gasteiger partial charge is 0.162 e. The van der Waals surface area contributed by atoms with Crippen molar-refractivity contribution in [3.8, 4) is 0 Å². The molecule has 1 saturated heterocycles. The Balaban J connectivity index is 2.85. The molecule has 0 bridgehead atoms. The van der Waals surface area contributed by atoms with Crippen molar-refractivity contribution < 1.29 is 0 Å². The van der Waals surface area contributed by atoms with Gasteiger partial charge in [0.1, 0.15) is 0 Å². The highest BCUT2D eigenvalue weighted by molar-refractivity contribution is 7.99. The summed E-state index contributed by atoms with van der Waals surface area (Å²) in [5, 5.41) is 0. The van der Waals surface area contributed by atoms with Gasteiger partial charge in [-0.15, -0.1) is 0 Å². The molecule has 0 aromatic carbocycles. The monoisotopic (exact) mass is 1010 g/mol. The standard InChI is InChI=1S/C68H134S2/c1-8-14-18-41-58-69-59-56-62(7)52-55-68(49-17-11-4)67-50-39-33-27-23-22-25-30-37-47-65(43-15-9-2)46-36-29-24-20-19-21-26-31-38-48-66(44-16-10-3)61-70-60-57-64(42-12-5)54-53-63(13-6)45-35-32-28-34-40-51-67/h8,14,62-68H,9-13,15-61H2,1-7H3/t62?,63?,64?,65?,66?,67-,68-/m1/s1. The molecule has 0 radical (unpaired) electrons. The second-order valence-corrected chi connectivity index (χ2v) is 26.7. The van der Waals surface area contributed by atoms with Crippen LogP contribution in [0.2, 0.25) is 0 Å². The van der Waals surface area contributed by atoms with E-state index < -0.39 is 0 Å². The average molecular weight is 1020 g/mol. The van der Waals surface area contributed by atoms with Crippen molar-refractivity contribution in [2.24, 2.45) is 41.4 Å². The highest BCUT2D eigenvalue weighted by atomic mass is 32.2. The van der Waals surface area contributed by atoms with E-state index in [2.05, 4.69) is 84.1 Å². The van der Waals surface area contributed by atoms with Gasteiger partial charge in [-0.3, -0.25) is 0 Å². The van der Waals surface area contributed by atoms with Crippen molar-refractivity contribution in [3.05, 3.63) is 12.2 Å². The Kier molecular flexibility index (Phi) is 53.0. The second-order valence-electron chi connectivity index (χ2n) is 24.4. The zero-order chi connectivity index (χ0) is 50.6. The Morgan fingerprint density at radius 3 is 1.41 bits per heavy atom. The van der Waals surface area contributed by atoms with E-state index in [1.54, 1.807) is 0 Å². The van der Waals surface area contributed by atoms with Crippen LogP contribution in [0.15, 0.2) is 12.2 Å². The zero-order valence-electron chi connectivity index (χ0n) is 49.8. The van der Waals surface area contributed by atoms with Gasteiger partial charge < -0.3 is 0 Å². The van der Waals surface area contributed by atoms with Crippen LogP contribution in [0.4, 0.5) is 0 Å². The minimum absolute atomic E-state index is 0.893. The summed E-state index contributed by atoms with van der Waals surface area (Å²) < 4.78 is 0. The van der Waals surface area contributed by atoms with Gasteiger partial charge in [-0.05, 0) is 116 Å². The first-order chi connectivity index (χ1) is 34.5. The number of hydrogen-bond donors (Lipinski definition) is 0. The van der Waals surface area contributed by atoms with Gasteiger partial charge in [0.05, 0.1) is 0 Å². The van der Waals surface area contributed by atoms with Crippen LogP contribution in [0.1, 0.15) is 357 Å². The van der Waals surface area contributed by atoms with Gasteiger partial charge in [0.25, 0.3) is 0 Å². The molecule has 1 aliphatic heterocycles. The summed E-state index contributed by atoms with van der Waals surface area (Å²) in [6.07, 6.45) is 75.2. The topological polar surface area (TPSA) is 0 Å². The minimum atomic E-state index is 0.893. The highest BCUT2D eigenvalue weighted by Crippen LogP contribution is 2.35. The Labute approximate surface area is 454 Å². The molecule has 0 nitrogen and oxygen atoms in total. The molecule has 70 heavy (non-hydrogen) atoms. The predicted octanol–water partition coefficient (Wildman–Crippen LogP) is 25.2. The maximum Gasteiger partial charge on any atom is -0.00391 e. The second kappa shape index (κ2) is 54.2. The van der Waals surface area contributed by atoms with Crippen LogP contribution < -0.4 is 0 Å². The van der Waals surface area contributed by atoms with Crippen molar-refractivity contribution in [2.45, 2.75) is 357 Å². The van der Waals surface area contributed by atoms with Crippen LogP contribution in [0.25, 0.3) is 0 Å². The van der Waals surface area contributed by atoms with E-state index >= 15 is 0 Å². The van der Waals surface area contributed by atoms with Crippen LogP contribution in [0, 0.1) is 41.4 Å². The average Bonchev–Trinajstić information content (AvgIpc) is 3.36. The number of hydrogen-bond acceptors (Lipinski definition) is 2. The van der Waals surface area contributed by atoms with Crippen molar-refractivity contribution in [1.82, 2.24) is 0 Å². The van der Waals surface area contributed by atoms with E-state index in [-0.39, 0.29) is 0 Å². The first-order valence-electron chi connectivity index (χ1n) is 33.3. The van der Waals surface area contributed by atoms with Gasteiger partial charge >= 0.3 is 0 Å². The SMILES string of the molecule is CC=CCCCSCCC(C)CC[C@@H](CCCC)[C@@H]1CCCCCCCCCCC(CCCC)CCCCCCCCCCCC(CCCC)CSCCC(CCC)CCC(CC)CCCCCCC1. The van der Waals surface area contributed by atoms with Gasteiger partial charge in [0.2, 0.25) is 0 Å². The third-order valence-corrected chi connectivity index (χ3v) is 20.2. The molecule has 7 atom stereocenters. The van der Waals surface area contributed by atoms with Crippen LogP contribution >= 0.6 is 23.5 Å². The van der Waals surface area contributed by atoms with E-state index in [0.717, 1.165) is 41.4 Å². The molecule has 1 heterocycles. The smallest absolute Gasteiger partial charge is 0.00391 e. The minimum Gasteiger partial charge on any atom is -0.162 e. The van der Waals surface area contributed by atoms with Crippen LogP contribution in [0.5, 0.6) is 0 Å².